The fourth-order valence-electron chi connectivity index (χ4n) is 1.61. The van der Waals surface area contributed by atoms with Gasteiger partial charge in [0.2, 0.25) is 5.91 Å². The third-order valence-corrected chi connectivity index (χ3v) is 3.82. The molecule has 0 aliphatic heterocycles. The molecular weight excluding hydrogens is 256 g/mol. The summed E-state index contributed by atoms with van der Waals surface area (Å²) in [6.45, 7) is 7.92. The lowest BCUT2D eigenvalue weighted by atomic mass is 10.1. The Bertz CT molecular complexity index is 602. The summed E-state index contributed by atoms with van der Waals surface area (Å²) in [6.07, 6.45) is 0. The van der Waals surface area contributed by atoms with Crippen molar-refractivity contribution in [2.75, 3.05) is 5.32 Å². The molecule has 0 aliphatic rings. The quantitative estimate of drug-likeness (QED) is 0.918. The molecule has 1 aromatic carbocycles. The van der Waals surface area contributed by atoms with Crippen LogP contribution < -0.4 is 5.32 Å². The number of hydrogen-bond acceptors (Lipinski definition) is 3. The molecule has 1 heterocycles. The van der Waals surface area contributed by atoms with Gasteiger partial charge in [0.05, 0.1) is 5.69 Å². The molecule has 0 bridgehead atoms. The highest BCUT2D eigenvalue weighted by Crippen LogP contribution is 2.26. The Hall–Kier alpha value is -1.68. The Balaban J connectivity index is 2.21. The number of aryl methyl sites for hydroxylation is 2. The Morgan fingerprint density at radius 2 is 2.00 bits per heavy atom. The number of carbonyl (C=O) groups excluding carboxylic acids is 1. The van der Waals surface area contributed by atoms with E-state index in [1.54, 1.807) is 0 Å². The second kappa shape index (κ2) is 5.53. The first-order valence-electron chi connectivity index (χ1n) is 6.31. The summed E-state index contributed by atoms with van der Waals surface area (Å²) in [5.41, 5.74) is 4.52. The van der Waals surface area contributed by atoms with Crippen LogP contribution in [0.3, 0.4) is 0 Å². The Morgan fingerprint density at radius 3 is 2.63 bits per heavy atom. The number of aromatic nitrogens is 1. The minimum absolute atomic E-state index is 0.000914. The van der Waals surface area contributed by atoms with E-state index in [0.29, 0.717) is 5.13 Å². The average Bonchev–Trinajstić information content (AvgIpc) is 2.81. The minimum Gasteiger partial charge on any atom is -0.302 e. The molecule has 100 valence electrons. The molecule has 0 unspecified atom stereocenters. The summed E-state index contributed by atoms with van der Waals surface area (Å²) < 4.78 is 0. The smallest absolute Gasteiger partial charge is 0.228 e. The average molecular weight is 274 g/mol. The highest BCUT2D eigenvalue weighted by atomic mass is 32.1. The van der Waals surface area contributed by atoms with Crippen LogP contribution in [0.5, 0.6) is 0 Å². The number of benzene rings is 1. The van der Waals surface area contributed by atoms with Gasteiger partial charge in [-0.3, -0.25) is 4.79 Å². The van der Waals surface area contributed by atoms with Crippen LogP contribution in [0, 0.1) is 19.8 Å². The van der Waals surface area contributed by atoms with Crippen LogP contribution >= 0.6 is 11.3 Å². The first-order valence-corrected chi connectivity index (χ1v) is 7.19. The normalized spacial score (nSPS) is 10.8. The van der Waals surface area contributed by atoms with Gasteiger partial charge < -0.3 is 5.32 Å². The molecule has 4 heteroatoms. The van der Waals surface area contributed by atoms with Gasteiger partial charge in [0.15, 0.2) is 5.13 Å². The van der Waals surface area contributed by atoms with Crippen molar-refractivity contribution in [3.05, 3.63) is 34.7 Å². The topological polar surface area (TPSA) is 42.0 Å². The summed E-state index contributed by atoms with van der Waals surface area (Å²) in [5.74, 6) is -0.0324. The van der Waals surface area contributed by atoms with E-state index in [0.717, 1.165) is 11.3 Å². The Labute approximate surface area is 117 Å². The molecule has 0 fully saturated rings. The van der Waals surface area contributed by atoms with E-state index in [1.807, 2.05) is 19.2 Å². The standard InChI is InChI=1S/C15H18N2OS/c1-9(2)14(18)17-15-16-13(8-19-15)12-6-5-10(3)11(4)7-12/h5-9H,1-4H3,(H,16,17,18). The van der Waals surface area contributed by atoms with E-state index in [9.17, 15) is 4.79 Å². The van der Waals surface area contributed by atoms with Gasteiger partial charge in [-0.05, 0) is 31.0 Å². The van der Waals surface area contributed by atoms with E-state index in [-0.39, 0.29) is 11.8 Å². The van der Waals surface area contributed by atoms with Crippen LogP contribution in [0.1, 0.15) is 25.0 Å². The van der Waals surface area contributed by atoms with E-state index < -0.39 is 0 Å². The molecular formula is C15H18N2OS. The van der Waals surface area contributed by atoms with Gasteiger partial charge >= 0.3 is 0 Å². The van der Waals surface area contributed by atoms with E-state index in [4.69, 9.17) is 0 Å². The molecule has 0 saturated heterocycles. The fourth-order valence-corrected chi connectivity index (χ4v) is 2.34. The minimum atomic E-state index is -0.0334. The molecule has 0 spiro atoms. The maximum Gasteiger partial charge on any atom is 0.228 e. The summed E-state index contributed by atoms with van der Waals surface area (Å²) in [7, 11) is 0. The molecule has 2 rings (SSSR count). The van der Waals surface area contributed by atoms with Gasteiger partial charge in [0.25, 0.3) is 0 Å². The molecule has 1 aromatic heterocycles. The first-order chi connectivity index (χ1) is 8.97. The molecule has 1 amide bonds. The Morgan fingerprint density at radius 1 is 1.26 bits per heavy atom. The molecule has 3 nitrogen and oxygen atoms in total. The number of nitrogens with zero attached hydrogens (tertiary/aromatic N) is 1. The molecule has 0 radical (unpaired) electrons. The molecule has 0 atom stereocenters. The monoisotopic (exact) mass is 274 g/mol. The van der Waals surface area contributed by atoms with Crippen molar-refractivity contribution in [2.45, 2.75) is 27.7 Å². The molecule has 0 aliphatic carbocycles. The largest absolute Gasteiger partial charge is 0.302 e. The summed E-state index contributed by atoms with van der Waals surface area (Å²) in [4.78, 5) is 16.1. The van der Waals surface area contributed by atoms with Crippen molar-refractivity contribution in [3.63, 3.8) is 0 Å². The van der Waals surface area contributed by atoms with E-state index in [2.05, 4.69) is 42.3 Å². The zero-order chi connectivity index (χ0) is 14.0. The van der Waals surface area contributed by atoms with Gasteiger partial charge in [-0.25, -0.2) is 4.98 Å². The van der Waals surface area contributed by atoms with Crippen LogP contribution in [0.25, 0.3) is 11.3 Å². The number of hydrogen-bond donors (Lipinski definition) is 1. The number of carbonyl (C=O) groups is 1. The van der Waals surface area contributed by atoms with Crippen molar-refractivity contribution < 1.29 is 4.79 Å². The summed E-state index contributed by atoms with van der Waals surface area (Å²) >= 11 is 1.46. The number of thiazole rings is 1. The highest BCUT2D eigenvalue weighted by Gasteiger charge is 2.11. The van der Waals surface area contributed by atoms with E-state index >= 15 is 0 Å². The van der Waals surface area contributed by atoms with Crippen molar-refractivity contribution in [1.82, 2.24) is 4.98 Å². The van der Waals surface area contributed by atoms with Gasteiger partial charge in [-0.2, -0.15) is 0 Å². The highest BCUT2D eigenvalue weighted by molar-refractivity contribution is 7.14. The lowest BCUT2D eigenvalue weighted by Gasteiger charge is -2.04. The SMILES string of the molecule is Cc1ccc(-c2csc(NC(=O)C(C)C)n2)cc1C. The summed E-state index contributed by atoms with van der Waals surface area (Å²) in [6, 6.07) is 6.28. The second-order valence-electron chi connectivity index (χ2n) is 4.98. The summed E-state index contributed by atoms with van der Waals surface area (Å²) in [5, 5.41) is 5.46. The molecule has 1 N–H and O–H groups in total. The Kier molecular flexibility index (Phi) is 4.00. The predicted octanol–water partition coefficient (Wildman–Crippen LogP) is 4.02. The third-order valence-electron chi connectivity index (χ3n) is 3.06. The van der Waals surface area contributed by atoms with Crippen LogP contribution in [0.15, 0.2) is 23.6 Å². The number of amides is 1. The van der Waals surface area contributed by atoms with Crippen molar-refractivity contribution in [1.29, 1.82) is 0 Å². The van der Waals surface area contributed by atoms with Gasteiger partial charge in [-0.15, -0.1) is 11.3 Å². The molecule has 19 heavy (non-hydrogen) atoms. The maximum absolute atomic E-state index is 11.6. The number of nitrogens with one attached hydrogen (secondary N) is 1. The molecule has 2 aromatic rings. The van der Waals surface area contributed by atoms with E-state index in [1.165, 1.54) is 22.5 Å². The third kappa shape index (κ3) is 3.20. The molecule has 0 saturated carbocycles. The van der Waals surface area contributed by atoms with Crippen molar-refractivity contribution in [2.24, 2.45) is 5.92 Å². The van der Waals surface area contributed by atoms with Gasteiger partial charge in [-0.1, -0.05) is 26.0 Å². The van der Waals surface area contributed by atoms with Crippen LogP contribution in [-0.4, -0.2) is 10.9 Å². The van der Waals surface area contributed by atoms with Crippen molar-refractivity contribution in [3.8, 4) is 11.3 Å². The van der Waals surface area contributed by atoms with Crippen LogP contribution in [0.2, 0.25) is 0 Å². The fraction of sp³-hybridized carbons (Fsp3) is 0.333. The number of anilines is 1. The van der Waals surface area contributed by atoms with Gasteiger partial charge in [0.1, 0.15) is 0 Å². The number of rotatable bonds is 3. The zero-order valence-corrected chi connectivity index (χ0v) is 12.5. The lowest BCUT2D eigenvalue weighted by molar-refractivity contribution is -0.118. The lowest BCUT2D eigenvalue weighted by Crippen LogP contribution is -2.17. The second-order valence-corrected chi connectivity index (χ2v) is 5.84. The van der Waals surface area contributed by atoms with Gasteiger partial charge in [0, 0.05) is 16.9 Å². The van der Waals surface area contributed by atoms with Crippen molar-refractivity contribution >= 4 is 22.4 Å². The zero-order valence-electron chi connectivity index (χ0n) is 11.7. The predicted molar refractivity (Wildman–Crippen MR) is 80.5 cm³/mol. The maximum atomic E-state index is 11.6. The van der Waals surface area contributed by atoms with Crippen LogP contribution in [0.4, 0.5) is 5.13 Å². The van der Waals surface area contributed by atoms with Crippen LogP contribution in [-0.2, 0) is 4.79 Å². The first kappa shape index (κ1) is 13.7.